The first-order valence-electron chi connectivity index (χ1n) is 6.33. The minimum Gasteiger partial charge on any atom is -0.476 e. The molecule has 20 heavy (non-hydrogen) atoms. The number of carboxylic acids is 1. The van der Waals surface area contributed by atoms with Crippen LogP contribution in [0.1, 0.15) is 41.4 Å². The lowest BCUT2D eigenvalue weighted by molar-refractivity contribution is 0.0689. The number of aromatic nitrogens is 2. The molecule has 104 valence electrons. The van der Waals surface area contributed by atoms with Crippen molar-refractivity contribution in [1.29, 1.82) is 0 Å². The number of nitrogens with zero attached hydrogens (tertiary/aromatic N) is 2. The van der Waals surface area contributed by atoms with E-state index in [9.17, 15) is 4.79 Å². The van der Waals surface area contributed by atoms with Gasteiger partial charge in [0, 0.05) is 6.07 Å². The van der Waals surface area contributed by atoms with Gasteiger partial charge in [-0.1, -0.05) is 26.0 Å². The summed E-state index contributed by atoms with van der Waals surface area (Å²) in [5.41, 5.74) is 2.05. The largest absolute Gasteiger partial charge is 0.476 e. The van der Waals surface area contributed by atoms with Crippen LogP contribution >= 0.6 is 0 Å². The van der Waals surface area contributed by atoms with E-state index in [4.69, 9.17) is 9.84 Å². The summed E-state index contributed by atoms with van der Waals surface area (Å²) in [5.74, 6) is 0.208. The molecule has 0 atom stereocenters. The summed E-state index contributed by atoms with van der Waals surface area (Å²) in [4.78, 5) is 10.7. The number of benzene rings is 1. The van der Waals surface area contributed by atoms with E-state index in [0.717, 1.165) is 16.9 Å². The van der Waals surface area contributed by atoms with Gasteiger partial charge in [-0.25, -0.2) is 4.79 Å². The molecule has 1 N–H and O–H groups in total. The molecule has 2 rings (SSSR count). The van der Waals surface area contributed by atoms with E-state index in [1.54, 1.807) is 0 Å². The third kappa shape index (κ3) is 3.12. The van der Waals surface area contributed by atoms with Crippen LogP contribution in [-0.2, 0) is 0 Å². The highest BCUT2D eigenvalue weighted by Gasteiger charge is 2.11. The number of hydrogen-bond donors (Lipinski definition) is 1. The third-order valence-electron chi connectivity index (χ3n) is 2.86. The number of carbonyl (C=O) groups is 1. The molecule has 0 saturated carbocycles. The van der Waals surface area contributed by atoms with Gasteiger partial charge < -0.3 is 9.84 Å². The van der Waals surface area contributed by atoms with Crippen molar-refractivity contribution in [1.82, 2.24) is 10.2 Å². The van der Waals surface area contributed by atoms with E-state index < -0.39 is 5.97 Å². The first kappa shape index (κ1) is 14.0. The van der Waals surface area contributed by atoms with Gasteiger partial charge in [-0.2, -0.15) is 0 Å². The van der Waals surface area contributed by atoms with Crippen LogP contribution in [-0.4, -0.2) is 21.3 Å². The van der Waals surface area contributed by atoms with Crippen molar-refractivity contribution in [3.8, 4) is 11.6 Å². The van der Waals surface area contributed by atoms with Crippen LogP contribution < -0.4 is 4.74 Å². The van der Waals surface area contributed by atoms with Crippen LogP contribution in [0.2, 0.25) is 0 Å². The summed E-state index contributed by atoms with van der Waals surface area (Å²) in [7, 11) is 0. The number of aromatic carboxylic acids is 1. The van der Waals surface area contributed by atoms with Gasteiger partial charge in [0.25, 0.3) is 0 Å². The molecule has 5 heteroatoms. The highest BCUT2D eigenvalue weighted by Crippen LogP contribution is 2.30. The van der Waals surface area contributed by atoms with E-state index in [1.165, 1.54) is 12.1 Å². The molecule has 0 spiro atoms. The van der Waals surface area contributed by atoms with Crippen molar-refractivity contribution in [3.63, 3.8) is 0 Å². The van der Waals surface area contributed by atoms with Crippen molar-refractivity contribution >= 4 is 5.97 Å². The van der Waals surface area contributed by atoms with Gasteiger partial charge in [0.15, 0.2) is 5.69 Å². The maximum atomic E-state index is 10.7. The van der Waals surface area contributed by atoms with Crippen LogP contribution in [0.4, 0.5) is 0 Å². The van der Waals surface area contributed by atoms with E-state index >= 15 is 0 Å². The Kier molecular flexibility index (Phi) is 3.98. The maximum absolute atomic E-state index is 10.7. The zero-order chi connectivity index (χ0) is 14.7. The van der Waals surface area contributed by atoms with E-state index in [0.29, 0.717) is 5.92 Å². The van der Waals surface area contributed by atoms with Gasteiger partial charge in [0.1, 0.15) is 5.75 Å². The fourth-order valence-electron chi connectivity index (χ4n) is 1.81. The van der Waals surface area contributed by atoms with E-state index in [-0.39, 0.29) is 11.6 Å². The second-order valence-electron chi connectivity index (χ2n) is 4.86. The monoisotopic (exact) mass is 272 g/mol. The third-order valence-corrected chi connectivity index (χ3v) is 2.86. The molecule has 0 bridgehead atoms. The second kappa shape index (κ2) is 5.69. The lowest BCUT2D eigenvalue weighted by atomic mass is 10.0. The summed E-state index contributed by atoms with van der Waals surface area (Å²) in [6, 6.07) is 8.86. The molecule has 1 heterocycles. The summed E-state index contributed by atoms with van der Waals surface area (Å²) < 4.78 is 5.72. The number of rotatable bonds is 4. The van der Waals surface area contributed by atoms with Crippen LogP contribution in [0, 0.1) is 6.92 Å². The van der Waals surface area contributed by atoms with E-state index in [2.05, 4.69) is 24.0 Å². The van der Waals surface area contributed by atoms with Crippen LogP contribution in [0.5, 0.6) is 11.6 Å². The lowest BCUT2D eigenvalue weighted by Gasteiger charge is -2.13. The molecule has 0 amide bonds. The molecule has 0 fully saturated rings. The summed E-state index contributed by atoms with van der Waals surface area (Å²) in [5, 5.41) is 16.1. The van der Waals surface area contributed by atoms with Crippen LogP contribution in [0.15, 0.2) is 30.3 Å². The van der Waals surface area contributed by atoms with Crippen molar-refractivity contribution in [2.24, 2.45) is 0 Å². The predicted octanol–water partition coefficient (Wildman–Crippen LogP) is 3.40. The van der Waals surface area contributed by atoms with Gasteiger partial charge >= 0.3 is 5.97 Å². The normalized spacial score (nSPS) is 10.6. The Bertz CT molecular complexity index is 622. The number of hydrogen-bond acceptors (Lipinski definition) is 4. The maximum Gasteiger partial charge on any atom is 0.356 e. The van der Waals surface area contributed by atoms with Gasteiger partial charge in [0.2, 0.25) is 5.88 Å². The van der Waals surface area contributed by atoms with Crippen molar-refractivity contribution in [2.75, 3.05) is 0 Å². The Balaban J connectivity index is 2.29. The lowest BCUT2D eigenvalue weighted by Crippen LogP contribution is -2.03. The average molecular weight is 272 g/mol. The first-order valence-corrected chi connectivity index (χ1v) is 6.33. The Morgan fingerprint density at radius 3 is 2.50 bits per heavy atom. The molecule has 2 aromatic rings. The Labute approximate surface area is 117 Å². The first-order chi connectivity index (χ1) is 9.47. The highest BCUT2D eigenvalue weighted by atomic mass is 16.5. The average Bonchev–Trinajstić information content (AvgIpc) is 2.39. The molecule has 0 aliphatic heterocycles. The Hall–Kier alpha value is -2.43. The topological polar surface area (TPSA) is 72.3 Å². The van der Waals surface area contributed by atoms with Gasteiger partial charge in [-0.15, -0.1) is 10.2 Å². The minimum absolute atomic E-state index is 0.106. The minimum atomic E-state index is -1.11. The second-order valence-corrected chi connectivity index (χ2v) is 4.86. The molecule has 0 saturated heterocycles. The quantitative estimate of drug-likeness (QED) is 0.923. The Morgan fingerprint density at radius 2 is 1.95 bits per heavy atom. The molecule has 0 aliphatic carbocycles. The molecule has 0 unspecified atom stereocenters. The number of aryl methyl sites for hydroxylation is 1. The zero-order valence-electron chi connectivity index (χ0n) is 11.6. The molecular weight excluding hydrogens is 256 g/mol. The number of ether oxygens (including phenoxy) is 1. The van der Waals surface area contributed by atoms with Gasteiger partial charge in [0.05, 0.1) is 0 Å². The zero-order valence-corrected chi connectivity index (χ0v) is 11.6. The molecule has 0 radical (unpaired) electrons. The fourth-order valence-corrected chi connectivity index (χ4v) is 1.81. The highest BCUT2D eigenvalue weighted by molar-refractivity contribution is 5.84. The standard InChI is InChI=1S/C15H16N2O3/c1-9(2)11-5-4-10(3)8-13(11)20-14-7-6-12(15(18)19)16-17-14/h4-9H,1-3H3,(H,18,19). The SMILES string of the molecule is Cc1ccc(C(C)C)c(Oc2ccc(C(=O)O)nn2)c1. The molecular formula is C15H16N2O3. The smallest absolute Gasteiger partial charge is 0.356 e. The summed E-state index contributed by atoms with van der Waals surface area (Å²) in [6.45, 7) is 6.14. The number of carboxylic acid groups (broad SMARTS) is 1. The van der Waals surface area contributed by atoms with Crippen molar-refractivity contribution < 1.29 is 14.6 Å². The molecule has 1 aromatic heterocycles. The molecule has 0 aliphatic rings. The fraction of sp³-hybridized carbons (Fsp3) is 0.267. The van der Waals surface area contributed by atoms with Crippen molar-refractivity contribution in [2.45, 2.75) is 26.7 Å². The molecule has 5 nitrogen and oxygen atoms in total. The van der Waals surface area contributed by atoms with Crippen LogP contribution in [0.3, 0.4) is 0 Å². The van der Waals surface area contributed by atoms with E-state index in [1.807, 2.05) is 25.1 Å². The summed E-state index contributed by atoms with van der Waals surface area (Å²) >= 11 is 0. The van der Waals surface area contributed by atoms with Crippen molar-refractivity contribution in [3.05, 3.63) is 47.2 Å². The molecule has 1 aromatic carbocycles. The summed E-state index contributed by atoms with van der Waals surface area (Å²) in [6.07, 6.45) is 0. The van der Waals surface area contributed by atoms with Gasteiger partial charge in [-0.05, 0) is 36.1 Å². The predicted molar refractivity (Wildman–Crippen MR) is 74.3 cm³/mol. The van der Waals surface area contributed by atoms with Crippen LogP contribution in [0.25, 0.3) is 0 Å². The Morgan fingerprint density at radius 1 is 1.20 bits per heavy atom. The van der Waals surface area contributed by atoms with Gasteiger partial charge in [-0.3, -0.25) is 0 Å².